The molecule has 0 spiro atoms. The summed E-state index contributed by atoms with van der Waals surface area (Å²) in [5.74, 6) is 0.728. The van der Waals surface area contributed by atoms with Crippen LogP contribution in [0, 0.1) is 5.92 Å². The smallest absolute Gasteiger partial charge is 0.317 e. The molecule has 2 amide bonds. The Morgan fingerprint density at radius 3 is 2.69 bits per heavy atom. The molecule has 1 unspecified atom stereocenters. The van der Waals surface area contributed by atoms with Gasteiger partial charge in [-0.3, -0.25) is 4.21 Å². The van der Waals surface area contributed by atoms with Crippen LogP contribution >= 0.6 is 0 Å². The highest BCUT2D eigenvalue weighted by Crippen LogP contribution is 2.15. The van der Waals surface area contributed by atoms with Crippen molar-refractivity contribution in [1.82, 2.24) is 10.2 Å². The Morgan fingerprint density at radius 2 is 2.12 bits per heavy atom. The molecule has 0 aromatic heterocycles. The molecule has 16 heavy (non-hydrogen) atoms. The lowest BCUT2D eigenvalue weighted by molar-refractivity contribution is 0.175. The fourth-order valence-corrected chi connectivity index (χ4v) is 2.02. The molecule has 1 aliphatic rings. The number of nitrogens with zero attached hydrogens (tertiary/aromatic N) is 1. The molecule has 1 atom stereocenters. The van der Waals surface area contributed by atoms with Gasteiger partial charge in [0.25, 0.3) is 0 Å². The van der Waals surface area contributed by atoms with Crippen LogP contribution in [0.5, 0.6) is 0 Å². The highest BCUT2D eigenvalue weighted by Gasteiger charge is 2.19. The van der Waals surface area contributed by atoms with E-state index >= 15 is 0 Å². The predicted molar refractivity (Wildman–Crippen MR) is 66.6 cm³/mol. The van der Waals surface area contributed by atoms with E-state index in [2.05, 4.69) is 12.2 Å². The SMILES string of the molecule is CC1CCN(C(=O)NC/C=C\S(C)=O)CC1. The third-order valence-corrected chi connectivity index (χ3v) is 3.31. The largest absolute Gasteiger partial charge is 0.334 e. The van der Waals surface area contributed by atoms with Gasteiger partial charge in [0.2, 0.25) is 0 Å². The van der Waals surface area contributed by atoms with E-state index < -0.39 is 10.8 Å². The molecule has 0 bridgehead atoms. The summed E-state index contributed by atoms with van der Waals surface area (Å²) in [5.41, 5.74) is 0. The molecule has 5 heteroatoms. The molecule has 1 N–H and O–H groups in total. The summed E-state index contributed by atoms with van der Waals surface area (Å²) in [5, 5.41) is 4.37. The maximum absolute atomic E-state index is 11.7. The fraction of sp³-hybridized carbons (Fsp3) is 0.727. The van der Waals surface area contributed by atoms with Crippen molar-refractivity contribution in [2.45, 2.75) is 19.8 Å². The van der Waals surface area contributed by atoms with Gasteiger partial charge in [-0.25, -0.2) is 4.79 Å². The lowest BCUT2D eigenvalue weighted by Gasteiger charge is -2.30. The zero-order valence-corrected chi connectivity index (χ0v) is 10.8. The molecule has 1 rings (SSSR count). The van der Waals surface area contributed by atoms with Crippen molar-refractivity contribution in [1.29, 1.82) is 0 Å². The van der Waals surface area contributed by atoms with Crippen LogP contribution in [0.15, 0.2) is 11.5 Å². The quantitative estimate of drug-likeness (QED) is 0.814. The van der Waals surface area contributed by atoms with Crippen molar-refractivity contribution in [2.75, 3.05) is 25.9 Å². The molecule has 0 aliphatic carbocycles. The number of carbonyl (C=O) groups excluding carboxylic acids is 1. The molecular weight excluding hydrogens is 224 g/mol. The van der Waals surface area contributed by atoms with Gasteiger partial charge >= 0.3 is 6.03 Å². The first kappa shape index (κ1) is 13.2. The first-order valence-electron chi connectivity index (χ1n) is 5.61. The number of urea groups is 1. The third kappa shape index (κ3) is 4.79. The molecule has 0 aromatic carbocycles. The lowest BCUT2D eigenvalue weighted by atomic mass is 10.00. The van der Waals surface area contributed by atoms with Gasteiger partial charge in [0.15, 0.2) is 0 Å². The van der Waals surface area contributed by atoms with Crippen LogP contribution in [0.1, 0.15) is 19.8 Å². The lowest BCUT2D eigenvalue weighted by Crippen LogP contribution is -2.44. The van der Waals surface area contributed by atoms with Gasteiger partial charge in [-0.2, -0.15) is 0 Å². The predicted octanol–water partition coefficient (Wildman–Crippen LogP) is 1.32. The van der Waals surface area contributed by atoms with Gasteiger partial charge in [0, 0.05) is 36.7 Å². The summed E-state index contributed by atoms with van der Waals surface area (Å²) in [6.07, 6.45) is 5.50. The second-order valence-corrected chi connectivity index (χ2v) is 5.50. The summed E-state index contributed by atoms with van der Waals surface area (Å²) in [7, 11) is -0.935. The number of nitrogens with one attached hydrogen (secondary N) is 1. The van der Waals surface area contributed by atoms with E-state index in [-0.39, 0.29) is 6.03 Å². The first-order chi connectivity index (χ1) is 7.59. The summed E-state index contributed by atoms with van der Waals surface area (Å²) in [6.45, 7) is 4.35. The van der Waals surface area contributed by atoms with Crippen LogP contribution in [0.25, 0.3) is 0 Å². The summed E-state index contributed by atoms with van der Waals surface area (Å²) < 4.78 is 10.7. The topological polar surface area (TPSA) is 49.4 Å². The third-order valence-electron chi connectivity index (χ3n) is 2.73. The summed E-state index contributed by atoms with van der Waals surface area (Å²) in [4.78, 5) is 13.5. The van der Waals surface area contributed by atoms with E-state index in [0.29, 0.717) is 6.54 Å². The summed E-state index contributed by atoms with van der Waals surface area (Å²) in [6, 6.07) is -0.0153. The maximum atomic E-state index is 11.7. The molecule has 1 heterocycles. The normalized spacial score (nSPS) is 20.0. The number of likely N-dealkylation sites (tertiary alicyclic amines) is 1. The van der Waals surface area contributed by atoms with Crippen LogP contribution in [0.3, 0.4) is 0 Å². The Labute approximate surface area is 99.5 Å². The number of amides is 2. The number of hydrogen-bond donors (Lipinski definition) is 1. The molecule has 0 radical (unpaired) electrons. The second-order valence-electron chi connectivity index (χ2n) is 4.23. The van der Waals surface area contributed by atoms with Crippen LogP contribution < -0.4 is 5.32 Å². The Kier molecular flexibility index (Phi) is 5.52. The average Bonchev–Trinajstić information content (AvgIpc) is 2.25. The van der Waals surface area contributed by atoms with Gasteiger partial charge in [0.1, 0.15) is 0 Å². The van der Waals surface area contributed by atoms with E-state index in [4.69, 9.17) is 0 Å². The van der Waals surface area contributed by atoms with Gasteiger partial charge in [-0.15, -0.1) is 0 Å². The van der Waals surface area contributed by atoms with Gasteiger partial charge < -0.3 is 10.2 Å². The van der Waals surface area contributed by atoms with E-state index in [1.54, 1.807) is 17.7 Å². The summed E-state index contributed by atoms with van der Waals surface area (Å²) >= 11 is 0. The maximum Gasteiger partial charge on any atom is 0.317 e. The number of hydrogen-bond acceptors (Lipinski definition) is 2. The van der Waals surface area contributed by atoms with E-state index in [0.717, 1.165) is 31.8 Å². The van der Waals surface area contributed by atoms with Crippen molar-refractivity contribution in [3.05, 3.63) is 11.5 Å². The van der Waals surface area contributed by atoms with Crippen molar-refractivity contribution in [3.8, 4) is 0 Å². The van der Waals surface area contributed by atoms with Crippen molar-refractivity contribution in [3.63, 3.8) is 0 Å². The van der Waals surface area contributed by atoms with E-state index in [9.17, 15) is 9.00 Å². The van der Waals surface area contributed by atoms with Gasteiger partial charge in [-0.1, -0.05) is 13.0 Å². The molecule has 1 fully saturated rings. The Morgan fingerprint density at radius 1 is 1.50 bits per heavy atom. The van der Waals surface area contributed by atoms with Crippen molar-refractivity contribution >= 4 is 16.8 Å². The number of carbonyl (C=O) groups is 1. The standard InChI is InChI=1S/C11H20N2O2S/c1-10-4-7-13(8-5-10)11(14)12-6-3-9-16(2)15/h3,9-10H,4-8H2,1-2H3,(H,12,14)/b9-3-. The Hall–Kier alpha value is -0.840. The molecular formula is C11H20N2O2S. The van der Waals surface area contributed by atoms with Crippen molar-refractivity contribution < 1.29 is 9.00 Å². The van der Waals surface area contributed by atoms with Crippen molar-refractivity contribution in [2.24, 2.45) is 5.92 Å². The second kappa shape index (κ2) is 6.68. The average molecular weight is 244 g/mol. The molecule has 1 saturated heterocycles. The van der Waals surface area contributed by atoms with E-state index in [1.807, 2.05) is 4.90 Å². The molecule has 4 nitrogen and oxygen atoms in total. The fourth-order valence-electron chi connectivity index (χ4n) is 1.65. The monoisotopic (exact) mass is 244 g/mol. The molecule has 0 aromatic rings. The number of rotatable bonds is 3. The first-order valence-corrected chi connectivity index (χ1v) is 7.23. The molecule has 1 aliphatic heterocycles. The number of piperidine rings is 1. The highest BCUT2D eigenvalue weighted by molar-refractivity contribution is 7.87. The Bertz CT molecular complexity index is 284. The Balaban J connectivity index is 2.22. The van der Waals surface area contributed by atoms with E-state index in [1.165, 1.54) is 0 Å². The van der Waals surface area contributed by atoms with Crippen LogP contribution in [0.4, 0.5) is 4.79 Å². The molecule has 92 valence electrons. The van der Waals surface area contributed by atoms with Gasteiger partial charge in [-0.05, 0) is 24.2 Å². The minimum atomic E-state index is -0.935. The minimum Gasteiger partial charge on any atom is -0.334 e. The highest BCUT2D eigenvalue weighted by atomic mass is 32.2. The zero-order chi connectivity index (χ0) is 12.0. The van der Waals surface area contributed by atoms with Crippen LogP contribution in [-0.2, 0) is 10.8 Å². The molecule has 0 saturated carbocycles. The van der Waals surface area contributed by atoms with Gasteiger partial charge in [0.05, 0.1) is 0 Å². The van der Waals surface area contributed by atoms with Crippen LogP contribution in [-0.4, -0.2) is 41.0 Å². The zero-order valence-electron chi connectivity index (χ0n) is 9.94. The minimum absolute atomic E-state index is 0.0153. The van der Waals surface area contributed by atoms with Crippen LogP contribution in [0.2, 0.25) is 0 Å².